The van der Waals surface area contributed by atoms with Crippen LogP contribution in [-0.2, 0) is 9.05 Å². The Bertz CT molecular complexity index is 712. The van der Waals surface area contributed by atoms with Crippen LogP contribution in [-0.4, -0.2) is 19.3 Å². The highest BCUT2D eigenvalue weighted by Crippen LogP contribution is 2.22. The monoisotopic (exact) mass is 316 g/mol. The van der Waals surface area contributed by atoms with Gasteiger partial charge in [0.1, 0.15) is 5.69 Å². The second-order valence-corrected chi connectivity index (χ2v) is 7.03. The van der Waals surface area contributed by atoms with E-state index in [9.17, 15) is 13.2 Å². The number of nitrogens with zero attached hydrogens (tertiary/aromatic N) is 1. The lowest BCUT2D eigenvalue weighted by atomic mass is 10.2. The van der Waals surface area contributed by atoms with E-state index in [-0.39, 0.29) is 10.8 Å². The SMILES string of the molecule is Cc1cc(S(=O)(=O)Cl)ccc1NC(=O)c1cscn1. The number of aromatic nitrogens is 1. The van der Waals surface area contributed by atoms with Gasteiger partial charge >= 0.3 is 0 Å². The van der Waals surface area contributed by atoms with Gasteiger partial charge in [-0.25, -0.2) is 13.4 Å². The van der Waals surface area contributed by atoms with Crippen molar-refractivity contribution in [3.8, 4) is 0 Å². The molecule has 0 fully saturated rings. The molecule has 0 aliphatic heterocycles. The number of nitrogens with one attached hydrogen (secondary N) is 1. The lowest BCUT2D eigenvalue weighted by molar-refractivity contribution is 0.102. The molecule has 0 aliphatic carbocycles. The van der Waals surface area contributed by atoms with Crippen molar-refractivity contribution in [2.75, 3.05) is 5.32 Å². The highest BCUT2D eigenvalue weighted by Gasteiger charge is 2.13. The summed E-state index contributed by atoms with van der Waals surface area (Å²) in [6.07, 6.45) is 0. The van der Waals surface area contributed by atoms with E-state index in [1.165, 1.54) is 29.5 Å². The van der Waals surface area contributed by atoms with E-state index in [0.717, 1.165) is 0 Å². The van der Waals surface area contributed by atoms with Gasteiger partial charge in [-0.05, 0) is 30.7 Å². The molecule has 100 valence electrons. The summed E-state index contributed by atoms with van der Waals surface area (Å²) in [5, 5.41) is 4.29. The Labute approximate surface area is 118 Å². The molecule has 2 aromatic rings. The topological polar surface area (TPSA) is 76.1 Å². The molecule has 0 saturated heterocycles. The first kappa shape index (κ1) is 14.0. The van der Waals surface area contributed by atoms with E-state index in [1.54, 1.807) is 17.8 Å². The van der Waals surface area contributed by atoms with Crippen molar-refractivity contribution >= 4 is 42.7 Å². The van der Waals surface area contributed by atoms with Crippen molar-refractivity contribution in [3.05, 3.63) is 40.3 Å². The van der Waals surface area contributed by atoms with Crippen molar-refractivity contribution < 1.29 is 13.2 Å². The summed E-state index contributed by atoms with van der Waals surface area (Å²) in [4.78, 5) is 15.7. The third kappa shape index (κ3) is 3.31. The zero-order chi connectivity index (χ0) is 14.0. The van der Waals surface area contributed by atoms with Gasteiger partial charge in [-0.1, -0.05) is 0 Å². The quantitative estimate of drug-likeness (QED) is 0.883. The summed E-state index contributed by atoms with van der Waals surface area (Å²) < 4.78 is 22.3. The van der Waals surface area contributed by atoms with E-state index < -0.39 is 9.05 Å². The molecular weight excluding hydrogens is 308 g/mol. The Morgan fingerprint density at radius 2 is 2.16 bits per heavy atom. The number of carbonyl (C=O) groups excluding carboxylic acids is 1. The van der Waals surface area contributed by atoms with Crippen molar-refractivity contribution in [2.24, 2.45) is 0 Å². The smallest absolute Gasteiger partial charge is 0.275 e. The molecule has 0 bridgehead atoms. The second-order valence-electron chi connectivity index (χ2n) is 3.74. The van der Waals surface area contributed by atoms with Gasteiger partial charge in [0.15, 0.2) is 0 Å². The van der Waals surface area contributed by atoms with Gasteiger partial charge in [-0.15, -0.1) is 11.3 Å². The molecule has 0 spiro atoms. The Morgan fingerprint density at radius 1 is 1.42 bits per heavy atom. The number of halogens is 1. The van der Waals surface area contributed by atoms with E-state index in [0.29, 0.717) is 16.9 Å². The minimum absolute atomic E-state index is 0.00155. The molecule has 1 aromatic carbocycles. The van der Waals surface area contributed by atoms with Crippen LogP contribution in [0, 0.1) is 6.92 Å². The van der Waals surface area contributed by atoms with Gasteiger partial charge in [0.05, 0.1) is 10.4 Å². The Balaban J connectivity index is 2.25. The van der Waals surface area contributed by atoms with Crippen LogP contribution in [0.3, 0.4) is 0 Å². The van der Waals surface area contributed by atoms with Crippen LogP contribution in [0.25, 0.3) is 0 Å². The number of hydrogen-bond donors (Lipinski definition) is 1. The normalized spacial score (nSPS) is 11.3. The van der Waals surface area contributed by atoms with Crippen LogP contribution >= 0.6 is 22.0 Å². The number of benzene rings is 1. The van der Waals surface area contributed by atoms with Gasteiger partial charge in [-0.3, -0.25) is 4.79 Å². The number of rotatable bonds is 3. The Morgan fingerprint density at radius 3 is 2.68 bits per heavy atom. The summed E-state index contributed by atoms with van der Waals surface area (Å²) in [5.41, 5.74) is 3.00. The highest BCUT2D eigenvalue weighted by molar-refractivity contribution is 8.13. The molecule has 2 rings (SSSR count). The van der Waals surface area contributed by atoms with Crippen LogP contribution in [0.2, 0.25) is 0 Å². The molecule has 1 amide bonds. The molecule has 1 N–H and O–H groups in total. The summed E-state index contributed by atoms with van der Waals surface area (Å²) in [5.74, 6) is -0.342. The average molecular weight is 317 g/mol. The van der Waals surface area contributed by atoms with Gasteiger partial charge in [0.25, 0.3) is 15.0 Å². The number of amides is 1. The third-order valence-electron chi connectivity index (χ3n) is 2.39. The number of aryl methyl sites for hydroxylation is 1. The van der Waals surface area contributed by atoms with Gasteiger partial charge in [-0.2, -0.15) is 0 Å². The van der Waals surface area contributed by atoms with Crippen molar-refractivity contribution in [1.29, 1.82) is 0 Å². The lowest BCUT2D eigenvalue weighted by Crippen LogP contribution is -2.13. The maximum absolute atomic E-state index is 11.8. The molecule has 0 radical (unpaired) electrons. The first-order valence-corrected chi connectivity index (χ1v) is 8.38. The van der Waals surface area contributed by atoms with E-state index in [1.807, 2.05) is 0 Å². The van der Waals surface area contributed by atoms with Crippen LogP contribution in [0.15, 0.2) is 34.0 Å². The number of thiazole rings is 1. The molecule has 1 aromatic heterocycles. The molecule has 5 nitrogen and oxygen atoms in total. The summed E-state index contributed by atoms with van der Waals surface area (Å²) in [6.45, 7) is 1.68. The molecular formula is C11H9ClN2O3S2. The summed E-state index contributed by atoms with van der Waals surface area (Å²) in [6, 6.07) is 4.24. The zero-order valence-electron chi connectivity index (χ0n) is 9.75. The maximum Gasteiger partial charge on any atom is 0.275 e. The molecule has 0 saturated carbocycles. The zero-order valence-corrected chi connectivity index (χ0v) is 12.1. The second kappa shape index (κ2) is 5.28. The Hall–Kier alpha value is -1.44. The fourth-order valence-electron chi connectivity index (χ4n) is 1.44. The number of anilines is 1. The minimum atomic E-state index is -3.76. The molecule has 1 heterocycles. The Kier molecular flexibility index (Phi) is 3.88. The minimum Gasteiger partial charge on any atom is -0.320 e. The average Bonchev–Trinajstić information content (AvgIpc) is 2.84. The van der Waals surface area contributed by atoms with Crippen LogP contribution < -0.4 is 5.32 Å². The summed E-state index contributed by atoms with van der Waals surface area (Å²) >= 11 is 1.32. The van der Waals surface area contributed by atoms with Crippen molar-refractivity contribution in [1.82, 2.24) is 4.98 Å². The maximum atomic E-state index is 11.8. The largest absolute Gasteiger partial charge is 0.320 e. The predicted molar refractivity (Wildman–Crippen MR) is 74.3 cm³/mol. The lowest BCUT2D eigenvalue weighted by Gasteiger charge is -2.08. The first-order valence-electron chi connectivity index (χ1n) is 5.13. The molecule has 0 atom stereocenters. The molecule has 0 aliphatic rings. The standard InChI is InChI=1S/C11H9ClN2O3S2/c1-7-4-8(19(12,16)17)2-3-9(7)14-11(15)10-5-18-6-13-10/h2-6H,1H3,(H,14,15). The molecule has 19 heavy (non-hydrogen) atoms. The van der Waals surface area contributed by atoms with Gasteiger partial charge in [0.2, 0.25) is 0 Å². The number of carbonyl (C=O) groups is 1. The molecule has 8 heteroatoms. The van der Waals surface area contributed by atoms with Gasteiger partial charge < -0.3 is 5.32 Å². The first-order chi connectivity index (χ1) is 8.88. The molecule has 0 unspecified atom stereocenters. The van der Waals surface area contributed by atoms with Crippen molar-refractivity contribution in [2.45, 2.75) is 11.8 Å². The van der Waals surface area contributed by atoms with E-state index >= 15 is 0 Å². The van der Waals surface area contributed by atoms with Crippen LogP contribution in [0.1, 0.15) is 16.1 Å². The number of hydrogen-bond acceptors (Lipinski definition) is 5. The van der Waals surface area contributed by atoms with Gasteiger partial charge in [0, 0.05) is 21.7 Å². The fraction of sp³-hybridized carbons (Fsp3) is 0.0909. The highest BCUT2D eigenvalue weighted by atomic mass is 35.7. The predicted octanol–water partition coefficient (Wildman–Crippen LogP) is 2.63. The van der Waals surface area contributed by atoms with E-state index in [4.69, 9.17) is 10.7 Å². The summed E-state index contributed by atoms with van der Waals surface area (Å²) in [7, 11) is 1.48. The fourth-order valence-corrected chi connectivity index (χ4v) is 2.81. The van der Waals surface area contributed by atoms with Crippen LogP contribution in [0.4, 0.5) is 5.69 Å². The van der Waals surface area contributed by atoms with Crippen molar-refractivity contribution in [3.63, 3.8) is 0 Å². The third-order valence-corrected chi connectivity index (χ3v) is 4.33. The van der Waals surface area contributed by atoms with E-state index in [2.05, 4.69) is 10.3 Å². The van der Waals surface area contributed by atoms with Crippen LogP contribution in [0.5, 0.6) is 0 Å².